The molecule has 1 aromatic heterocycles. The maximum Gasteiger partial charge on any atom is 0.267 e. The van der Waals surface area contributed by atoms with Crippen LogP contribution in [-0.2, 0) is 16.6 Å². The summed E-state index contributed by atoms with van der Waals surface area (Å²) in [4.78, 5) is 28.3. The van der Waals surface area contributed by atoms with Crippen LogP contribution in [0.25, 0.3) is 17.0 Å². The van der Waals surface area contributed by atoms with Crippen LogP contribution >= 0.6 is 0 Å². The molecule has 1 aliphatic rings. The maximum atomic E-state index is 13.1. The van der Waals surface area contributed by atoms with Crippen LogP contribution in [-0.4, -0.2) is 67.8 Å². The molecule has 2 aromatic carbocycles. The SMILES string of the molecule is COc1ccc(C(=O)N/C(=C/c2cn(C)c3ccccc23)C(=O)NCCN2CCOCC2)cc1. The number of methoxy groups -OCH3 is 1. The first kappa shape index (κ1) is 23.5. The lowest BCUT2D eigenvalue weighted by Crippen LogP contribution is -2.42. The Morgan fingerprint density at radius 1 is 1.09 bits per heavy atom. The smallest absolute Gasteiger partial charge is 0.267 e. The normalized spacial score (nSPS) is 14.7. The Kier molecular flexibility index (Phi) is 7.61. The monoisotopic (exact) mass is 462 g/mol. The first-order valence-electron chi connectivity index (χ1n) is 11.3. The van der Waals surface area contributed by atoms with Crippen molar-refractivity contribution < 1.29 is 19.1 Å². The molecule has 1 fully saturated rings. The molecule has 0 radical (unpaired) electrons. The average molecular weight is 463 g/mol. The molecular weight excluding hydrogens is 432 g/mol. The van der Waals surface area contributed by atoms with E-state index in [1.165, 1.54) is 0 Å². The van der Waals surface area contributed by atoms with Gasteiger partial charge in [-0.15, -0.1) is 0 Å². The van der Waals surface area contributed by atoms with Crippen molar-refractivity contribution in [1.29, 1.82) is 0 Å². The lowest BCUT2D eigenvalue weighted by molar-refractivity contribution is -0.117. The Balaban J connectivity index is 1.55. The summed E-state index contributed by atoms with van der Waals surface area (Å²) in [6.07, 6.45) is 3.68. The summed E-state index contributed by atoms with van der Waals surface area (Å²) in [5, 5.41) is 6.76. The molecule has 8 nitrogen and oxygen atoms in total. The lowest BCUT2D eigenvalue weighted by Gasteiger charge is -2.26. The number of aromatic nitrogens is 1. The van der Waals surface area contributed by atoms with Gasteiger partial charge in [0, 0.05) is 61.5 Å². The van der Waals surface area contributed by atoms with Gasteiger partial charge in [-0.2, -0.15) is 0 Å². The maximum absolute atomic E-state index is 13.1. The first-order valence-corrected chi connectivity index (χ1v) is 11.3. The van der Waals surface area contributed by atoms with Crippen LogP contribution in [0.5, 0.6) is 5.75 Å². The summed E-state index contributed by atoms with van der Waals surface area (Å²) in [6.45, 7) is 4.31. The number of rotatable bonds is 8. The number of para-hydroxylation sites is 1. The van der Waals surface area contributed by atoms with E-state index < -0.39 is 0 Å². The largest absolute Gasteiger partial charge is 0.497 e. The molecular formula is C26H30N4O4. The molecule has 0 saturated carbocycles. The van der Waals surface area contributed by atoms with Crippen molar-refractivity contribution >= 4 is 28.8 Å². The molecule has 0 atom stereocenters. The highest BCUT2D eigenvalue weighted by Gasteiger charge is 2.17. The predicted molar refractivity (Wildman–Crippen MR) is 132 cm³/mol. The van der Waals surface area contributed by atoms with Crippen molar-refractivity contribution in [3.05, 3.63) is 71.6 Å². The second-order valence-corrected chi connectivity index (χ2v) is 8.16. The number of carbonyl (C=O) groups excluding carboxylic acids is 2. The number of hydrogen-bond acceptors (Lipinski definition) is 5. The quantitative estimate of drug-likeness (QED) is 0.503. The standard InChI is InChI=1S/C26H30N4O4/c1-29-18-20(22-5-3-4-6-24(22)29)17-23(26(32)27-11-12-30-13-15-34-16-14-30)28-25(31)19-7-9-21(33-2)10-8-19/h3-10,17-18H,11-16H2,1-2H3,(H,27,32)(H,28,31)/b23-17+. The zero-order chi connectivity index (χ0) is 23.9. The van der Waals surface area contributed by atoms with Crippen LogP contribution in [0, 0.1) is 0 Å². The number of nitrogens with zero attached hydrogens (tertiary/aromatic N) is 2. The fraction of sp³-hybridized carbons (Fsp3) is 0.308. The number of nitrogens with one attached hydrogen (secondary N) is 2. The third kappa shape index (κ3) is 5.65. The molecule has 2 amide bonds. The Morgan fingerprint density at radius 2 is 1.82 bits per heavy atom. The highest BCUT2D eigenvalue weighted by molar-refractivity contribution is 6.06. The third-order valence-corrected chi connectivity index (χ3v) is 5.89. The summed E-state index contributed by atoms with van der Waals surface area (Å²) < 4.78 is 12.5. The van der Waals surface area contributed by atoms with E-state index in [0.29, 0.717) is 31.1 Å². The van der Waals surface area contributed by atoms with Crippen molar-refractivity contribution in [1.82, 2.24) is 20.1 Å². The number of benzene rings is 2. The fourth-order valence-corrected chi connectivity index (χ4v) is 3.99. The Bertz CT molecular complexity index is 1180. The number of morpholine rings is 1. The van der Waals surface area contributed by atoms with Crippen LogP contribution in [0.15, 0.2) is 60.4 Å². The summed E-state index contributed by atoms with van der Waals surface area (Å²) in [7, 11) is 3.53. The second kappa shape index (κ2) is 11.0. The van der Waals surface area contributed by atoms with Gasteiger partial charge in [0.2, 0.25) is 0 Å². The van der Waals surface area contributed by atoms with Gasteiger partial charge in [-0.25, -0.2) is 0 Å². The Morgan fingerprint density at radius 3 is 2.56 bits per heavy atom. The van der Waals surface area contributed by atoms with Crippen molar-refractivity contribution in [3.63, 3.8) is 0 Å². The number of aryl methyl sites for hydroxylation is 1. The number of fused-ring (bicyclic) bond motifs is 1. The minimum absolute atomic E-state index is 0.194. The molecule has 2 N–H and O–H groups in total. The van der Waals surface area contributed by atoms with Gasteiger partial charge in [-0.05, 0) is 36.4 Å². The van der Waals surface area contributed by atoms with Crippen molar-refractivity contribution in [2.24, 2.45) is 7.05 Å². The zero-order valence-corrected chi connectivity index (χ0v) is 19.5. The third-order valence-electron chi connectivity index (χ3n) is 5.89. The van der Waals surface area contributed by atoms with Gasteiger partial charge in [0.15, 0.2) is 0 Å². The van der Waals surface area contributed by atoms with Crippen molar-refractivity contribution in [2.75, 3.05) is 46.5 Å². The molecule has 2 heterocycles. The Hall–Kier alpha value is -3.62. The van der Waals surface area contributed by atoms with Gasteiger partial charge in [0.05, 0.1) is 20.3 Å². The van der Waals surface area contributed by atoms with Gasteiger partial charge < -0.3 is 24.7 Å². The predicted octanol–water partition coefficient (Wildman–Crippen LogP) is 2.41. The fourth-order valence-electron chi connectivity index (χ4n) is 3.99. The van der Waals surface area contributed by atoms with Crippen LogP contribution < -0.4 is 15.4 Å². The van der Waals surface area contributed by atoms with E-state index in [0.717, 1.165) is 36.1 Å². The molecule has 3 aromatic rings. The molecule has 178 valence electrons. The van der Waals surface area contributed by atoms with Gasteiger partial charge in [-0.1, -0.05) is 18.2 Å². The van der Waals surface area contributed by atoms with Crippen LogP contribution in [0.4, 0.5) is 0 Å². The average Bonchev–Trinajstić information content (AvgIpc) is 3.19. The van der Waals surface area contributed by atoms with E-state index in [9.17, 15) is 9.59 Å². The summed E-state index contributed by atoms with van der Waals surface area (Å²) in [6, 6.07) is 14.7. The number of carbonyl (C=O) groups is 2. The molecule has 1 saturated heterocycles. The van der Waals surface area contributed by atoms with E-state index >= 15 is 0 Å². The second-order valence-electron chi connectivity index (χ2n) is 8.16. The number of hydrogen-bond donors (Lipinski definition) is 2. The Labute approximate surface area is 199 Å². The van der Waals surface area contributed by atoms with E-state index in [2.05, 4.69) is 15.5 Å². The molecule has 0 unspecified atom stereocenters. The molecule has 8 heteroatoms. The van der Waals surface area contributed by atoms with Crippen LogP contribution in [0.2, 0.25) is 0 Å². The van der Waals surface area contributed by atoms with Gasteiger partial charge in [0.1, 0.15) is 11.4 Å². The van der Waals surface area contributed by atoms with E-state index in [4.69, 9.17) is 9.47 Å². The molecule has 4 rings (SSSR count). The minimum Gasteiger partial charge on any atom is -0.497 e. The van der Waals surface area contributed by atoms with Crippen molar-refractivity contribution in [2.45, 2.75) is 0 Å². The van der Waals surface area contributed by atoms with Gasteiger partial charge >= 0.3 is 0 Å². The molecule has 0 spiro atoms. The van der Waals surface area contributed by atoms with E-state index in [1.54, 1.807) is 37.5 Å². The topological polar surface area (TPSA) is 84.8 Å². The molecule has 1 aliphatic heterocycles. The highest BCUT2D eigenvalue weighted by atomic mass is 16.5. The summed E-state index contributed by atoms with van der Waals surface area (Å²) in [5.74, 6) is -0.0375. The highest BCUT2D eigenvalue weighted by Crippen LogP contribution is 2.22. The summed E-state index contributed by atoms with van der Waals surface area (Å²) in [5.41, 5.74) is 2.53. The van der Waals surface area contributed by atoms with Gasteiger partial charge in [0.25, 0.3) is 11.8 Å². The van der Waals surface area contributed by atoms with E-state index in [-0.39, 0.29) is 17.5 Å². The summed E-state index contributed by atoms with van der Waals surface area (Å²) >= 11 is 0. The first-order chi connectivity index (χ1) is 16.5. The van der Waals surface area contributed by atoms with Crippen LogP contribution in [0.3, 0.4) is 0 Å². The lowest BCUT2D eigenvalue weighted by atomic mass is 10.1. The number of ether oxygens (including phenoxy) is 2. The van der Waals surface area contributed by atoms with Crippen molar-refractivity contribution in [3.8, 4) is 5.75 Å². The van der Waals surface area contributed by atoms with E-state index in [1.807, 2.05) is 42.1 Å². The number of amides is 2. The molecule has 0 aliphatic carbocycles. The van der Waals surface area contributed by atoms with Crippen LogP contribution in [0.1, 0.15) is 15.9 Å². The molecule has 0 bridgehead atoms. The zero-order valence-electron chi connectivity index (χ0n) is 19.5. The molecule has 34 heavy (non-hydrogen) atoms. The minimum atomic E-state index is -0.363. The van der Waals surface area contributed by atoms with Gasteiger partial charge in [-0.3, -0.25) is 14.5 Å².